The normalized spacial score (nSPS) is 11.2. The summed E-state index contributed by atoms with van der Waals surface area (Å²) in [6.07, 6.45) is 5.13. The Kier molecular flexibility index (Phi) is 5.41. The number of nitrogens with one attached hydrogen (secondary N) is 1. The van der Waals surface area contributed by atoms with Crippen LogP contribution in [-0.2, 0) is 4.79 Å². The zero-order chi connectivity index (χ0) is 17.6. The summed E-state index contributed by atoms with van der Waals surface area (Å²) < 4.78 is 0. The highest BCUT2D eigenvalue weighted by Crippen LogP contribution is 2.28. The highest BCUT2D eigenvalue weighted by molar-refractivity contribution is 7.19. The fourth-order valence-electron chi connectivity index (χ4n) is 2.38. The molecule has 0 saturated heterocycles. The van der Waals surface area contributed by atoms with Gasteiger partial charge in [-0.3, -0.25) is 10.1 Å². The number of amides is 1. The van der Waals surface area contributed by atoms with Crippen LogP contribution in [0.2, 0.25) is 0 Å². The summed E-state index contributed by atoms with van der Waals surface area (Å²) in [5.74, 6) is 0.326. The third-order valence-electron chi connectivity index (χ3n) is 3.82. The first-order valence-electron chi connectivity index (χ1n) is 8.22. The van der Waals surface area contributed by atoms with Gasteiger partial charge in [0.25, 0.3) is 0 Å². The molecule has 4 heteroatoms. The summed E-state index contributed by atoms with van der Waals surface area (Å²) in [7, 11) is 0. The first-order valence-corrected chi connectivity index (χ1v) is 9.04. The molecule has 1 heterocycles. The lowest BCUT2D eigenvalue weighted by Crippen LogP contribution is -2.07. The van der Waals surface area contributed by atoms with Crippen LogP contribution in [0.15, 0.2) is 66.9 Å². The third-order valence-corrected chi connectivity index (χ3v) is 4.79. The zero-order valence-corrected chi connectivity index (χ0v) is 15.1. The van der Waals surface area contributed by atoms with Crippen LogP contribution < -0.4 is 5.32 Å². The Bertz CT molecular complexity index is 864. The van der Waals surface area contributed by atoms with Gasteiger partial charge in [-0.2, -0.15) is 0 Å². The fraction of sp³-hybridized carbons (Fsp3) is 0.143. The zero-order valence-electron chi connectivity index (χ0n) is 14.3. The van der Waals surface area contributed by atoms with Crippen molar-refractivity contribution in [2.24, 2.45) is 0 Å². The molecule has 2 aromatic carbocycles. The van der Waals surface area contributed by atoms with E-state index in [2.05, 4.69) is 36.3 Å². The Labute approximate surface area is 152 Å². The molecular formula is C21H20N2OS. The molecule has 1 aromatic heterocycles. The molecule has 0 bridgehead atoms. The molecule has 0 fully saturated rings. The first-order chi connectivity index (χ1) is 12.1. The van der Waals surface area contributed by atoms with Crippen molar-refractivity contribution in [2.75, 3.05) is 5.32 Å². The predicted octanol–water partition coefficient (Wildman–Crippen LogP) is 5.59. The third kappa shape index (κ3) is 4.64. The van der Waals surface area contributed by atoms with Crippen LogP contribution in [0.25, 0.3) is 16.5 Å². The number of hydrogen-bond donors (Lipinski definition) is 1. The first kappa shape index (κ1) is 17.1. The fourth-order valence-corrected chi connectivity index (χ4v) is 3.20. The Hall–Kier alpha value is -2.72. The molecule has 0 aliphatic heterocycles. The molecule has 1 amide bonds. The topological polar surface area (TPSA) is 42.0 Å². The number of nitrogens with zero attached hydrogens (tertiary/aromatic N) is 1. The predicted molar refractivity (Wildman–Crippen MR) is 106 cm³/mol. The maximum absolute atomic E-state index is 12.1. The van der Waals surface area contributed by atoms with Crippen LogP contribution >= 0.6 is 11.3 Å². The van der Waals surface area contributed by atoms with Gasteiger partial charge in [-0.25, -0.2) is 4.98 Å². The summed E-state index contributed by atoms with van der Waals surface area (Å²) in [6.45, 7) is 4.33. The monoisotopic (exact) mass is 348 g/mol. The minimum atomic E-state index is -0.179. The molecule has 3 nitrogen and oxygen atoms in total. The highest BCUT2D eigenvalue weighted by Gasteiger charge is 2.06. The van der Waals surface area contributed by atoms with Crippen LogP contribution in [0, 0.1) is 0 Å². The lowest BCUT2D eigenvalue weighted by Gasteiger charge is -2.04. The smallest absolute Gasteiger partial charge is 0.250 e. The SMILES string of the molecule is CC(C)c1ccc(/C=C/C(=O)Nc2ncc(-c3ccccc3)s2)cc1. The number of carbonyl (C=O) groups excluding carboxylic acids is 1. The van der Waals surface area contributed by atoms with Gasteiger partial charge >= 0.3 is 0 Å². The van der Waals surface area contributed by atoms with Crippen molar-refractivity contribution >= 4 is 28.5 Å². The van der Waals surface area contributed by atoms with E-state index in [1.54, 1.807) is 6.20 Å². The highest BCUT2D eigenvalue weighted by atomic mass is 32.1. The van der Waals surface area contributed by atoms with Crippen molar-refractivity contribution < 1.29 is 4.79 Å². The Balaban J connectivity index is 1.62. The van der Waals surface area contributed by atoms with Crippen molar-refractivity contribution in [2.45, 2.75) is 19.8 Å². The summed E-state index contributed by atoms with van der Waals surface area (Å²) in [5, 5.41) is 3.41. The second kappa shape index (κ2) is 7.90. The number of carbonyl (C=O) groups is 1. The number of benzene rings is 2. The average molecular weight is 348 g/mol. The molecule has 0 spiro atoms. The van der Waals surface area contributed by atoms with E-state index in [9.17, 15) is 4.79 Å². The molecule has 25 heavy (non-hydrogen) atoms. The van der Waals surface area contributed by atoms with Gasteiger partial charge in [0, 0.05) is 12.3 Å². The van der Waals surface area contributed by atoms with E-state index in [1.807, 2.05) is 48.5 Å². The van der Waals surface area contributed by atoms with E-state index in [-0.39, 0.29) is 5.91 Å². The van der Waals surface area contributed by atoms with E-state index >= 15 is 0 Å². The summed E-state index contributed by atoms with van der Waals surface area (Å²) in [6, 6.07) is 18.2. The van der Waals surface area contributed by atoms with Gasteiger partial charge in [-0.05, 0) is 28.7 Å². The van der Waals surface area contributed by atoms with Crippen LogP contribution in [0.5, 0.6) is 0 Å². The maximum Gasteiger partial charge on any atom is 0.250 e. The molecule has 0 radical (unpaired) electrons. The number of aromatic nitrogens is 1. The van der Waals surface area contributed by atoms with Crippen LogP contribution in [0.3, 0.4) is 0 Å². The number of rotatable bonds is 5. The molecule has 0 atom stereocenters. The molecule has 0 saturated carbocycles. The van der Waals surface area contributed by atoms with E-state index in [1.165, 1.54) is 23.0 Å². The van der Waals surface area contributed by atoms with E-state index < -0.39 is 0 Å². The second-order valence-corrected chi connectivity index (χ2v) is 7.07. The quantitative estimate of drug-likeness (QED) is 0.611. The lowest BCUT2D eigenvalue weighted by molar-refractivity contribution is -0.111. The van der Waals surface area contributed by atoms with Crippen LogP contribution in [-0.4, -0.2) is 10.9 Å². The Morgan fingerprint density at radius 1 is 1.08 bits per heavy atom. The molecule has 0 aliphatic rings. The summed E-state index contributed by atoms with van der Waals surface area (Å²) in [4.78, 5) is 17.4. The molecular weight excluding hydrogens is 328 g/mol. The van der Waals surface area contributed by atoms with Gasteiger partial charge in [0.15, 0.2) is 5.13 Å². The van der Waals surface area contributed by atoms with E-state index in [4.69, 9.17) is 0 Å². The average Bonchev–Trinajstić information content (AvgIpc) is 3.09. The molecule has 3 rings (SSSR count). The minimum Gasteiger partial charge on any atom is -0.298 e. The number of anilines is 1. The molecule has 0 unspecified atom stereocenters. The molecule has 1 N–H and O–H groups in total. The van der Waals surface area contributed by atoms with Crippen molar-refractivity contribution in [1.82, 2.24) is 4.98 Å². The summed E-state index contributed by atoms with van der Waals surface area (Å²) >= 11 is 1.46. The van der Waals surface area contributed by atoms with Crippen LogP contribution in [0.1, 0.15) is 30.9 Å². The number of hydrogen-bond acceptors (Lipinski definition) is 3. The summed E-state index contributed by atoms with van der Waals surface area (Å²) in [5.41, 5.74) is 3.39. The standard InChI is InChI=1S/C21H20N2OS/c1-15(2)17-11-8-16(9-12-17)10-13-20(24)23-21-22-14-19(25-21)18-6-4-3-5-7-18/h3-15H,1-2H3,(H,22,23,24)/b13-10+. The maximum atomic E-state index is 12.1. The molecule has 3 aromatic rings. The largest absolute Gasteiger partial charge is 0.298 e. The van der Waals surface area contributed by atoms with E-state index in [0.29, 0.717) is 11.0 Å². The van der Waals surface area contributed by atoms with Crippen molar-refractivity contribution in [3.05, 3.63) is 78.0 Å². The van der Waals surface area contributed by atoms with Gasteiger partial charge in [-0.1, -0.05) is 79.8 Å². The van der Waals surface area contributed by atoms with Gasteiger partial charge in [-0.15, -0.1) is 0 Å². The van der Waals surface area contributed by atoms with Gasteiger partial charge < -0.3 is 0 Å². The van der Waals surface area contributed by atoms with Gasteiger partial charge in [0.1, 0.15) is 0 Å². The van der Waals surface area contributed by atoms with E-state index in [0.717, 1.165) is 16.0 Å². The van der Waals surface area contributed by atoms with Crippen LogP contribution in [0.4, 0.5) is 5.13 Å². The van der Waals surface area contributed by atoms with Crippen molar-refractivity contribution in [3.63, 3.8) is 0 Å². The minimum absolute atomic E-state index is 0.179. The Morgan fingerprint density at radius 2 is 1.80 bits per heavy atom. The van der Waals surface area contributed by atoms with Crippen molar-refractivity contribution in [1.29, 1.82) is 0 Å². The lowest BCUT2D eigenvalue weighted by atomic mass is 10.0. The second-order valence-electron chi connectivity index (χ2n) is 6.04. The number of thiazole rings is 1. The van der Waals surface area contributed by atoms with Gasteiger partial charge in [0.2, 0.25) is 5.91 Å². The molecule has 0 aliphatic carbocycles. The molecule has 126 valence electrons. The Morgan fingerprint density at radius 3 is 2.48 bits per heavy atom. The van der Waals surface area contributed by atoms with Gasteiger partial charge in [0.05, 0.1) is 4.88 Å². The van der Waals surface area contributed by atoms with Crippen molar-refractivity contribution in [3.8, 4) is 10.4 Å².